The van der Waals surface area contributed by atoms with Crippen molar-refractivity contribution in [2.45, 2.75) is 47.3 Å². The first kappa shape index (κ1) is 11.8. The van der Waals surface area contributed by atoms with Gasteiger partial charge in [0.05, 0.1) is 0 Å². The maximum atomic E-state index is 2.42. The third-order valence-electron chi connectivity index (χ3n) is 4.86. The smallest absolute Gasteiger partial charge is 0.0798 e. The van der Waals surface area contributed by atoms with Crippen LogP contribution in [0, 0.1) is 17.8 Å². The van der Waals surface area contributed by atoms with E-state index in [0.717, 1.165) is 6.71 Å². The second kappa shape index (κ2) is 3.65. The van der Waals surface area contributed by atoms with Crippen molar-refractivity contribution in [3.63, 3.8) is 0 Å². The van der Waals surface area contributed by atoms with Gasteiger partial charge in [0.2, 0.25) is 0 Å². The third-order valence-corrected chi connectivity index (χ3v) is 4.86. The average molecular weight is 214 g/mol. The molecule has 1 heteroatoms. The molecule has 2 rings (SSSR count). The highest BCUT2D eigenvalue weighted by Crippen LogP contribution is 2.52. The highest BCUT2D eigenvalue weighted by atomic mass is 14.4. The van der Waals surface area contributed by atoms with Crippen LogP contribution in [0.1, 0.15) is 33.3 Å². The fourth-order valence-corrected chi connectivity index (χ4v) is 3.02. The molecule has 0 aliphatic carbocycles. The lowest BCUT2D eigenvalue weighted by Gasteiger charge is -2.35. The molecule has 0 N–H and O–H groups in total. The number of hydrogen-bond acceptors (Lipinski definition) is 0. The summed E-state index contributed by atoms with van der Waals surface area (Å²) in [5.74, 6) is 0. The maximum absolute atomic E-state index is 2.42. The van der Waals surface area contributed by atoms with Gasteiger partial charge in [0.15, 0.2) is 6.71 Å². The monoisotopic (exact) mass is 214 g/mol. The average Bonchev–Trinajstić information content (AvgIpc) is 2.36. The largest absolute Gasteiger partial charge is 0.176 e. The molecule has 0 atom stereocenters. The van der Waals surface area contributed by atoms with E-state index in [1.54, 1.807) is 5.46 Å². The van der Waals surface area contributed by atoms with Crippen LogP contribution in [0.15, 0.2) is 24.3 Å². The summed E-state index contributed by atoms with van der Waals surface area (Å²) in [6.07, 6.45) is 2.65. The third kappa shape index (κ3) is 1.92. The van der Waals surface area contributed by atoms with Crippen molar-refractivity contribution in [2.24, 2.45) is 10.8 Å². The highest BCUT2D eigenvalue weighted by molar-refractivity contribution is 6.74. The molecule has 1 aliphatic heterocycles. The first-order valence-electron chi connectivity index (χ1n) is 6.38. The fraction of sp³-hybridized carbons (Fsp3) is 0.600. The van der Waals surface area contributed by atoms with Gasteiger partial charge in [-0.05, 0) is 17.8 Å². The van der Waals surface area contributed by atoms with Gasteiger partial charge in [-0.15, -0.1) is 0 Å². The Morgan fingerprint density at radius 1 is 1.00 bits per heavy atom. The predicted octanol–water partition coefficient (Wildman–Crippen LogP) is 3.76. The number of aryl methyl sites for hydroxylation is 1. The zero-order chi connectivity index (χ0) is 12.0. The molecule has 1 aromatic rings. The van der Waals surface area contributed by atoms with E-state index < -0.39 is 0 Å². The van der Waals surface area contributed by atoms with E-state index in [2.05, 4.69) is 58.9 Å². The molecule has 0 aromatic heterocycles. The number of hydrogen-bond donors (Lipinski definition) is 0. The molecule has 0 radical (unpaired) electrons. The fourth-order valence-electron chi connectivity index (χ4n) is 3.02. The number of rotatable bonds is 1. The van der Waals surface area contributed by atoms with E-state index in [1.165, 1.54) is 18.2 Å². The molecule has 0 spiro atoms. The maximum Gasteiger partial charge on any atom is 0.176 e. The number of benzene rings is 1. The summed E-state index contributed by atoms with van der Waals surface area (Å²) in [6, 6.07) is 9.05. The lowest BCUT2D eigenvalue weighted by Crippen LogP contribution is -2.27. The van der Waals surface area contributed by atoms with Gasteiger partial charge >= 0.3 is 0 Å². The minimum Gasteiger partial charge on any atom is -0.0798 e. The summed E-state index contributed by atoms with van der Waals surface area (Å²) in [4.78, 5) is 0. The standard InChI is InChI=1S/C15H23B/c1-12-7-6-8-13(9-12)16-10-14(2,3)15(4,5)11-16/h6-9H,10-11H2,1-5H3. The van der Waals surface area contributed by atoms with Crippen LogP contribution in [0.5, 0.6) is 0 Å². The van der Waals surface area contributed by atoms with Gasteiger partial charge < -0.3 is 0 Å². The van der Waals surface area contributed by atoms with Crippen LogP contribution in [0.3, 0.4) is 0 Å². The molecular formula is C15H23B. The molecule has 0 bridgehead atoms. The van der Waals surface area contributed by atoms with Gasteiger partial charge in [-0.2, -0.15) is 0 Å². The van der Waals surface area contributed by atoms with Crippen LogP contribution in [0.2, 0.25) is 12.6 Å². The van der Waals surface area contributed by atoms with Gasteiger partial charge in [0.1, 0.15) is 0 Å². The Morgan fingerprint density at radius 2 is 1.56 bits per heavy atom. The van der Waals surface area contributed by atoms with Crippen molar-refractivity contribution in [1.82, 2.24) is 0 Å². The van der Waals surface area contributed by atoms with Crippen LogP contribution in [0.25, 0.3) is 0 Å². The molecule has 0 amide bonds. The van der Waals surface area contributed by atoms with Crippen molar-refractivity contribution in [2.75, 3.05) is 0 Å². The van der Waals surface area contributed by atoms with Gasteiger partial charge in [-0.1, -0.05) is 75.6 Å². The van der Waals surface area contributed by atoms with E-state index in [4.69, 9.17) is 0 Å². The lowest BCUT2D eigenvalue weighted by atomic mass is 9.42. The first-order chi connectivity index (χ1) is 7.32. The molecule has 1 fully saturated rings. The molecule has 1 aromatic carbocycles. The highest BCUT2D eigenvalue weighted by Gasteiger charge is 2.47. The predicted molar refractivity (Wildman–Crippen MR) is 73.7 cm³/mol. The van der Waals surface area contributed by atoms with Crippen LogP contribution < -0.4 is 5.46 Å². The Bertz CT molecular complexity index is 374. The van der Waals surface area contributed by atoms with Gasteiger partial charge in [-0.25, -0.2) is 0 Å². The molecule has 1 saturated heterocycles. The van der Waals surface area contributed by atoms with Crippen LogP contribution >= 0.6 is 0 Å². The Labute approximate surface area is 101 Å². The molecule has 1 heterocycles. The van der Waals surface area contributed by atoms with Crippen molar-refractivity contribution in [3.8, 4) is 0 Å². The molecule has 0 saturated carbocycles. The van der Waals surface area contributed by atoms with Crippen LogP contribution in [-0.2, 0) is 0 Å². The summed E-state index contributed by atoms with van der Waals surface area (Å²) in [5, 5.41) is 0. The molecule has 0 nitrogen and oxygen atoms in total. The molecule has 86 valence electrons. The van der Waals surface area contributed by atoms with Crippen LogP contribution in [-0.4, -0.2) is 6.71 Å². The summed E-state index contributed by atoms with van der Waals surface area (Å²) < 4.78 is 0. The summed E-state index contributed by atoms with van der Waals surface area (Å²) in [7, 11) is 0. The second-order valence-corrected chi connectivity index (χ2v) is 6.79. The quantitative estimate of drug-likeness (QED) is 0.624. The van der Waals surface area contributed by atoms with Gasteiger partial charge in [0, 0.05) is 0 Å². The van der Waals surface area contributed by atoms with E-state index in [9.17, 15) is 0 Å². The first-order valence-corrected chi connectivity index (χ1v) is 6.38. The summed E-state index contributed by atoms with van der Waals surface area (Å²) >= 11 is 0. The van der Waals surface area contributed by atoms with E-state index >= 15 is 0 Å². The SMILES string of the molecule is Cc1cccc(B2CC(C)(C)C(C)(C)C2)c1. The van der Waals surface area contributed by atoms with E-state index in [-0.39, 0.29) is 0 Å². The van der Waals surface area contributed by atoms with E-state index in [1.807, 2.05) is 0 Å². The summed E-state index contributed by atoms with van der Waals surface area (Å²) in [6.45, 7) is 12.6. The van der Waals surface area contributed by atoms with Gasteiger partial charge in [0.25, 0.3) is 0 Å². The Kier molecular flexibility index (Phi) is 2.68. The minimum absolute atomic E-state index is 0.460. The minimum atomic E-state index is 0.460. The van der Waals surface area contributed by atoms with Crippen molar-refractivity contribution in [1.29, 1.82) is 0 Å². The molecule has 1 aliphatic rings. The Balaban J connectivity index is 2.27. The van der Waals surface area contributed by atoms with Crippen molar-refractivity contribution < 1.29 is 0 Å². The molecule has 0 unspecified atom stereocenters. The Morgan fingerprint density at radius 3 is 2.06 bits per heavy atom. The molecule has 16 heavy (non-hydrogen) atoms. The molecular weight excluding hydrogens is 191 g/mol. The van der Waals surface area contributed by atoms with E-state index in [0.29, 0.717) is 10.8 Å². The zero-order valence-electron chi connectivity index (χ0n) is 11.3. The topological polar surface area (TPSA) is 0 Å². The van der Waals surface area contributed by atoms with Crippen LogP contribution in [0.4, 0.5) is 0 Å². The van der Waals surface area contributed by atoms with Gasteiger partial charge in [-0.3, -0.25) is 0 Å². The van der Waals surface area contributed by atoms with Crippen molar-refractivity contribution >= 4 is 12.2 Å². The summed E-state index contributed by atoms with van der Waals surface area (Å²) in [5.41, 5.74) is 3.85. The normalized spacial score (nSPS) is 22.4. The van der Waals surface area contributed by atoms with Crippen molar-refractivity contribution in [3.05, 3.63) is 29.8 Å². The zero-order valence-corrected chi connectivity index (χ0v) is 11.3. The lowest BCUT2D eigenvalue weighted by molar-refractivity contribution is 0.177. The Hall–Kier alpha value is -0.715. The second-order valence-electron chi connectivity index (χ2n) is 6.79.